The Hall–Kier alpha value is -1.92. The largest absolute Gasteiger partial charge is 0.319 e. The number of piperazine rings is 1. The molecule has 0 aliphatic carbocycles. The summed E-state index contributed by atoms with van der Waals surface area (Å²) in [4.78, 5) is 8.84. The molecule has 3 aliphatic heterocycles. The van der Waals surface area contributed by atoms with E-state index in [1.807, 2.05) is 35.7 Å². The van der Waals surface area contributed by atoms with Gasteiger partial charge in [-0.15, -0.1) is 0 Å². The molecule has 1 saturated heterocycles. The molecule has 38 heavy (non-hydrogen) atoms. The van der Waals surface area contributed by atoms with Crippen molar-refractivity contribution in [3.63, 3.8) is 0 Å². The summed E-state index contributed by atoms with van der Waals surface area (Å²) >= 11 is 16.9. The quantitative estimate of drug-likeness (QED) is 0.304. The second kappa shape index (κ2) is 10.6. The van der Waals surface area contributed by atoms with E-state index in [0.29, 0.717) is 12.1 Å². The first-order valence-corrected chi connectivity index (χ1v) is 15.8. The molecule has 3 aliphatic rings. The molecule has 0 saturated carbocycles. The fourth-order valence-electron chi connectivity index (χ4n) is 6.53. The lowest BCUT2D eigenvalue weighted by molar-refractivity contribution is -1.04. The summed E-state index contributed by atoms with van der Waals surface area (Å²) in [5.41, 5.74) is 5.74. The van der Waals surface area contributed by atoms with Gasteiger partial charge in [0.15, 0.2) is 0 Å². The summed E-state index contributed by atoms with van der Waals surface area (Å²) in [6.07, 6.45) is 2.13. The minimum atomic E-state index is 0.425. The summed E-state index contributed by atoms with van der Waals surface area (Å²) < 4.78 is 0. The number of nitrogens with one attached hydrogen (secondary N) is 2. The standard InChI is InChI=1S/C32H28Cl2N2S2/c33-23-9-11-31-25(19-23)27(17-21-5-1-3-7-29(21)37-31)35-13-15-36(16-14-35)28-18-22-6-2-4-8-30(22)38-32-12-10-24(34)20-26(28)32/h1-12,19-20,27-28H,13-18H2/p+2/t27-,28+. The van der Waals surface area contributed by atoms with Crippen LogP contribution >= 0.6 is 46.7 Å². The van der Waals surface area contributed by atoms with Gasteiger partial charge in [0.25, 0.3) is 0 Å². The summed E-state index contributed by atoms with van der Waals surface area (Å²) in [7, 11) is 0. The number of rotatable bonds is 2. The zero-order chi connectivity index (χ0) is 25.6. The van der Waals surface area contributed by atoms with Crippen molar-refractivity contribution in [3.8, 4) is 0 Å². The van der Waals surface area contributed by atoms with Crippen molar-refractivity contribution in [2.45, 2.75) is 44.5 Å². The first-order chi connectivity index (χ1) is 18.6. The maximum Gasteiger partial charge on any atom is 0.128 e. The van der Waals surface area contributed by atoms with Crippen molar-refractivity contribution < 1.29 is 9.80 Å². The SMILES string of the molecule is Clc1ccc2c(c1)[C@H]([NH+]1CC[NH+]([C@H]3Cc4ccccc4Sc4ccc(Cl)cc43)CC1)Cc1ccccc1S2. The molecule has 7 rings (SSSR count). The predicted molar refractivity (Wildman–Crippen MR) is 158 cm³/mol. The molecule has 0 spiro atoms. The third-order valence-electron chi connectivity index (χ3n) is 8.45. The maximum atomic E-state index is 6.55. The Morgan fingerprint density at radius 1 is 0.526 bits per heavy atom. The van der Waals surface area contributed by atoms with Gasteiger partial charge in [0, 0.05) is 53.6 Å². The third-order valence-corrected chi connectivity index (χ3v) is 11.3. The molecule has 6 heteroatoms. The van der Waals surface area contributed by atoms with Gasteiger partial charge in [-0.25, -0.2) is 0 Å². The molecule has 0 bridgehead atoms. The van der Waals surface area contributed by atoms with Gasteiger partial charge in [-0.2, -0.15) is 0 Å². The van der Waals surface area contributed by atoms with E-state index < -0.39 is 0 Å². The molecule has 2 nitrogen and oxygen atoms in total. The number of hydrogen-bond donors (Lipinski definition) is 2. The zero-order valence-electron chi connectivity index (χ0n) is 21.1. The van der Waals surface area contributed by atoms with Crippen LogP contribution in [0.1, 0.15) is 34.3 Å². The summed E-state index contributed by atoms with van der Waals surface area (Å²) in [5, 5.41) is 1.68. The second-order valence-corrected chi connectivity index (χ2v) is 13.7. The van der Waals surface area contributed by atoms with E-state index >= 15 is 0 Å². The van der Waals surface area contributed by atoms with Gasteiger partial charge in [0.05, 0.1) is 0 Å². The second-order valence-electron chi connectivity index (χ2n) is 10.6. The molecule has 2 N–H and O–H groups in total. The van der Waals surface area contributed by atoms with Crippen LogP contribution in [0.15, 0.2) is 105 Å². The van der Waals surface area contributed by atoms with Crippen LogP contribution in [-0.4, -0.2) is 26.2 Å². The highest BCUT2D eigenvalue weighted by atomic mass is 35.5. The first-order valence-electron chi connectivity index (χ1n) is 13.4. The van der Waals surface area contributed by atoms with Crippen molar-refractivity contribution in [3.05, 3.63) is 117 Å². The molecule has 0 amide bonds. The average molecular weight is 578 g/mol. The minimum Gasteiger partial charge on any atom is -0.319 e. The lowest BCUT2D eigenvalue weighted by Crippen LogP contribution is -3.28. The van der Waals surface area contributed by atoms with E-state index in [1.165, 1.54) is 41.8 Å². The van der Waals surface area contributed by atoms with Crippen molar-refractivity contribution in [1.82, 2.24) is 0 Å². The van der Waals surface area contributed by atoms with Crippen LogP contribution < -0.4 is 9.80 Å². The number of quaternary nitrogens is 2. The Bertz CT molecular complexity index is 1390. The van der Waals surface area contributed by atoms with Crippen LogP contribution in [0.5, 0.6) is 0 Å². The van der Waals surface area contributed by atoms with Gasteiger partial charge in [0.2, 0.25) is 0 Å². The van der Waals surface area contributed by atoms with E-state index in [4.69, 9.17) is 23.2 Å². The summed E-state index contributed by atoms with van der Waals surface area (Å²) in [5.74, 6) is 0. The number of benzene rings is 4. The van der Waals surface area contributed by atoms with Crippen molar-refractivity contribution >= 4 is 46.7 Å². The molecular weight excluding hydrogens is 547 g/mol. The normalized spacial score (nSPS) is 24.3. The van der Waals surface area contributed by atoms with Gasteiger partial charge in [-0.1, -0.05) is 83.1 Å². The molecular formula is C32H30Cl2N2S2+2. The Labute approximate surface area is 243 Å². The highest BCUT2D eigenvalue weighted by Crippen LogP contribution is 2.42. The number of hydrogen-bond acceptors (Lipinski definition) is 2. The Balaban J connectivity index is 1.18. The summed E-state index contributed by atoms with van der Waals surface area (Å²) in [6, 6.07) is 31.7. The first kappa shape index (κ1) is 25.1. The maximum absolute atomic E-state index is 6.55. The van der Waals surface area contributed by atoms with Crippen LogP contribution in [0.4, 0.5) is 0 Å². The van der Waals surface area contributed by atoms with E-state index in [0.717, 1.165) is 49.1 Å². The van der Waals surface area contributed by atoms with Crippen LogP contribution in [-0.2, 0) is 12.8 Å². The van der Waals surface area contributed by atoms with Crippen LogP contribution in [0.3, 0.4) is 0 Å². The van der Waals surface area contributed by atoms with Crippen LogP contribution in [0.2, 0.25) is 10.0 Å². The average Bonchev–Trinajstić information content (AvgIpc) is 3.21. The smallest absolute Gasteiger partial charge is 0.128 e. The molecule has 3 heterocycles. The lowest BCUT2D eigenvalue weighted by atomic mass is 9.95. The molecule has 4 aromatic rings. The number of fused-ring (bicyclic) bond motifs is 4. The highest BCUT2D eigenvalue weighted by molar-refractivity contribution is 7.99. The monoisotopic (exact) mass is 576 g/mol. The van der Waals surface area contributed by atoms with Gasteiger partial charge in [0.1, 0.15) is 38.3 Å². The van der Waals surface area contributed by atoms with Crippen molar-refractivity contribution in [2.24, 2.45) is 0 Å². The minimum absolute atomic E-state index is 0.425. The van der Waals surface area contributed by atoms with Crippen molar-refractivity contribution in [2.75, 3.05) is 26.2 Å². The number of halogens is 2. The molecule has 4 aromatic carbocycles. The molecule has 0 aromatic heterocycles. The fraction of sp³-hybridized carbons (Fsp3) is 0.250. The van der Waals surface area contributed by atoms with E-state index in [2.05, 4.69) is 72.8 Å². The van der Waals surface area contributed by atoms with E-state index in [1.54, 1.807) is 9.80 Å². The predicted octanol–water partition coefficient (Wildman–Crippen LogP) is 5.97. The molecule has 192 valence electrons. The Morgan fingerprint density at radius 3 is 1.39 bits per heavy atom. The Morgan fingerprint density at radius 2 is 0.947 bits per heavy atom. The zero-order valence-corrected chi connectivity index (χ0v) is 24.2. The molecule has 2 atom stereocenters. The fourth-order valence-corrected chi connectivity index (χ4v) is 9.13. The topological polar surface area (TPSA) is 8.88 Å². The lowest BCUT2D eigenvalue weighted by Gasteiger charge is -2.38. The molecule has 0 radical (unpaired) electrons. The van der Waals surface area contributed by atoms with Crippen LogP contribution in [0.25, 0.3) is 0 Å². The third kappa shape index (κ3) is 4.81. The van der Waals surface area contributed by atoms with Crippen LogP contribution in [0, 0.1) is 0 Å². The highest BCUT2D eigenvalue weighted by Gasteiger charge is 2.38. The summed E-state index contributed by atoms with van der Waals surface area (Å²) in [6.45, 7) is 4.61. The van der Waals surface area contributed by atoms with Gasteiger partial charge in [-0.3, -0.25) is 0 Å². The van der Waals surface area contributed by atoms with Gasteiger partial charge >= 0.3 is 0 Å². The van der Waals surface area contributed by atoms with Gasteiger partial charge in [-0.05, 0) is 59.7 Å². The van der Waals surface area contributed by atoms with Gasteiger partial charge < -0.3 is 9.80 Å². The van der Waals surface area contributed by atoms with E-state index in [-0.39, 0.29) is 0 Å². The van der Waals surface area contributed by atoms with E-state index in [9.17, 15) is 0 Å². The molecule has 0 unspecified atom stereocenters. The Kier molecular flexibility index (Phi) is 6.98. The molecule has 1 fully saturated rings. The van der Waals surface area contributed by atoms with Crippen molar-refractivity contribution in [1.29, 1.82) is 0 Å².